The van der Waals surface area contributed by atoms with Crippen molar-refractivity contribution in [2.75, 3.05) is 0 Å². The van der Waals surface area contributed by atoms with E-state index in [1.807, 2.05) is 27.7 Å². The van der Waals surface area contributed by atoms with Crippen LogP contribution in [0.15, 0.2) is 5.16 Å². The summed E-state index contributed by atoms with van der Waals surface area (Å²) >= 11 is 1.53. The van der Waals surface area contributed by atoms with Gasteiger partial charge in [0.1, 0.15) is 5.82 Å². The largest absolute Gasteiger partial charge is 0.351 e. The second-order valence-electron chi connectivity index (χ2n) is 7.22. The molecular weight excluding hydrogens is 284 g/mol. The molecule has 6 heteroatoms. The van der Waals surface area contributed by atoms with Crippen LogP contribution in [0.5, 0.6) is 0 Å². The van der Waals surface area contributed by atoms with Gasteiger partial charge in [-0.1, -0.05) is 11.8 Å². The first-order valence-electron chi connectivity index (χ1n) is 7.78. The molecule has 1 aromatic heterocycles. The van der Waals surface area contributed by atoms with Crippen molar-refractivity contribution in [1.82, 2.24) is 20.1 Å². The van der Waals surface area contributed by atoms with E-state index in [0.717, 1.165) is 11.0 Å². The molecule has 5 nitrogen and oxygen atoms in total. The molecule has 2 saturated carbocycles. The maximum Gasteiger partial charge on any atom is 0.233 e. The lowest BCUT2D eigenvalue weighted by Crippen LogP contribution is -2.44. The molecule has 2 aliphatic rings. The van der Waals surface area contributed by atoms with Crippen LogP contribution in [0.2, 0.25) is 0 Å². The van der Waals surface area contributed by atoms with Crippen molar-refractivity contribution in [2.24, 2.45) is 0 Å². The number of thioether (sulfide) groups is 1. The SMILES string of the molecule is C[C@@H](Sc1nnc(C2CC2)n1C1CC1)C(=O)NC(C)(C)C. The van der Waals surface area contributed by atoms with E-state index in [4.69, 9.17) is 0 Å². The Labute approximate surface area is 130 Å². The Bertz CT molecular complexity index is 540. The number of hydrogen-bond donors (Lipinski definition) is 1. The third-order valence-corrected chi connectivity index (χ3v) is 4.75. The van der Waals surface area contributed by atoms with Crippen LogP contribution in [-0.4, -0.2) is 31.5 Å². The highest BCUT2D eigenvalue weighted by molar-refractivity contribution is 8.00. The number of aromatic nitrogens is 3. The number of amides is 1. The van der Waals surface area contributed by atoms with E-state index in [9.17, 15) is 4.79 Å². The van der Waals surface area contributed by atoms with Crippen LogP contribution in [0.25, 0.3) is 0 Å². The topological polar surface area (TPSA) is 59.8 Å². The highest BCUT2D eigenvalue weighted by Crippen LogP contribution is 2.46. The molecule has 1 heterocycles. The van der Waals surface area contributed by atoms with Gasteiger partial charge < -0.3 is 9.88 Å². The minimum atomic E-state index is -0.199. The molecular formula is C15H24N4OS. The van der Waals surface area contributed by atoms with Crippen LogP contribution in [0.3, 0.4) is 0 Å². The van der Waals surface area contributed by atoms with E-state index >= 15 is 0 Å². The van der Waals surface area contributed by atoms with Gasteiger partial charge >= 0.3 is 0 Å². The zero-order valence-corrected chi connectivity index (χ0v) is 14.0. The molecule has 1 aromatic rings. The Morgan fingerprint density at radius 1 is 1.29 bits per heavy atom. The minimum absolute atomic E-state index is 0.0609. The van der Waals surface area contributed by atoms with Gasteiger partial charge in [-0.25, -0.2) is 0 Å². The Kier molecular flexibility index (Phi) is 3.76. The van der Waals surface area contributed by atoms with Gasteiger partial charge in [-0.05, 0) is 53.4 Å². The molecule has 1 amide bonds. The third kappa shape index (κ3) is 3.59. The van der Waals surface area contributed by atoms with Gasteiger partial charge in [0.25, 0.3) is 0 Å². The van der Waals surface area contributed by atoms with Crippen LogP contribution >= 0.6 is 11.8 Å². The number of nitrogens with zero attached hydrogens (tertiary/aromatic N) is 3. The molecule has 0 aromatic carbocycles. The molecule has 0 aliphatic heterocycles. The molecule has 21 heavy (non-hydrogen) atoms. The first-order chi connectivity index (χ1) is 9.85. The standard InChI is InChI=1S/C15H24N4OS/c1-9(13(20)16-15(2,3)4)21-14-18-17-12(10-5-6-10)19(14)11-7-8-11/h9-11H,5-8H2,1-4H3,(H,16,20)/t9-/m1/s1. The zero-order chi connectivity index (χ0) is 15.2. The van der Waals surface area contributed by atoms with Crippen LogP contribution < -0.4 is 5.32 Å². The summed E-state index contributed by atoms with van der Waals surface area (Å²) in [5.41, 5.74) is -0.199. The summed E-state index contributed by atoms with van der Waals surface area (Å²) in [5, 5.41) is 12.5. The van der Waals surface area contributed by atoms with Crippen molar-refractivity contribution < 1.29 is 4.79 Å². The Morgan fingerprint density at radius 2 is 1.95 bits per heavy atom. The highest BCUT2D eigenvalue weighted by Gasteiger charge is 2.37. The lowest BCUT2D eigenvalue weighted by Gasteiger charge is -2.23. The fourth-order valence-electron chi connectivity index (χ4n) is 2.35. The van der Waals surface area contributed by atoms with Crippen LogP contribution in [-0.2, 0) is 4.79 Å². The van der Waals surface area contributed by atoms with Crippen LogP contribution in [0, 0.1) is 0 Å². The summed E-state index contributed by atoms with van der Waals surface area (Å²) in [4.78, 5) is 12.2. The first kappa shape index (κ1) is 14.9. The van der Waals surface area contributed by atoms with Gasteiger partial charge in [-0.2, -0.15) is 0 Å². The molecule has 0 bridgehead atoms. The highest BCUT2D eigenvalue weighted by atomic mass is 32.2. The summed E-state index contributed by atoms with van der Waals surface area (Å²) in [7, 11) is 0. The van der Waals surface area contributed by atoms with Gasteiger partial charge in [-0.3, -0.25) is 4.79 Å². The van der Waals surface area contributed by atoms with Crippen molar-refractivity contribution in [3.8, 4) is 0 Å². The van der Waals surface area contributed by atoms with E-state index in [1.54, 1.807) is 0 Å². The van der Waals surface area contributed by atoms with Crippen molar-refractivity contribution in [3.63, 3.8) is 0 Å². The molecule has 0 radical (unpaired) electrons. The van der Waals surface area contributed by atoms with E-state index in [0.29, 0.717) is 12.0 Å². The zero-order valence-electron chi connectivity index (χ0n) is 13.2. The number of nitrogens with one attached hydrogen (secondary N) is 1. The molecule has 2 fully saturated rings. The van der Waals surface area contributed by atoms with Gasteiger partial charge in [-0.15, -0.1) is 10.2 Å². The summed E-state index contributed by atoms with van der Waals surface area (Å²) < 4.78 is 2.29. The third-order valence-electron chi connectivity index (χ3n) is 3.70. The molecule has 0 saturated heterocycles. The quantitative estimate of drug-likeness (QED) is 0.850. The normalized spacial score (nSPS) is 20.4. The summed E-state index contributed by atoms with van der Waals surface area (Å²) in [5.74, 6) is 1.81. The average molecular weight is 308 g/mol. The fraction of sp³-hybridized carbons (Fsp3) is 0.800. The predicted octanol–water partition coefficient (Wildman–Crippen LogP) is 2.89. The second kappa shape index (κ2) is 5.30. The van der Waals surface area contributed by atoms with E-state index in [1.165, 1.54) is 37.4 Å². The Hall–Kier alpha value is -1.04. The molecule has 1 N–H and O–H groups in total. The summed E-state index contributed by atoms with van der Waals surface area (Å²) in [6.45, 7) is 7.94. The molecule has 116 valence electrons. The van der Waals surface area contributed by atoms with Crippen LogP contribution in [0.4, 0.5) is 0 Å². The lowest BCUT2D eigenvalue weighted by molar-refractivity contribution is -0.121. The number of carbonyl (C=O) groups is 1. The lowest BCUT2D eigenvalue weighted by atomic mass is 10.1. The van der Waals surface area contributed by atoms with Gasteiger partial charge in [0, 0.05) is 17.5 Å². The van der Waals surface area contributed by atoms with Crippen molar-refractivity contribution >= 4 is 17.7 Å². The van der Waals surface area contributed by atoms with Gasteiger partial charge in [0.2, 0.25) is 5.91 Å². The van der Waals surface area contributed by atoms with Gasteiger partial charge in [0.05, 0.1) is 5.25 Å². The minimum Gasteiger partial charge on any atom is -0.351 e. The van der Waals surface area contributed by atoms with Crippen molar-refractivity contribution in [1.29, 1.82) is 0 Å². The Balaban J connectivity index is 1.71. The van der Waals surface area contributed by atoms with Gasteiger partial charge in [0.15, 0.2) is 5.16 Å². The van der Waals surface area contributed by atoms with Crippen molar-refractivity contribution in [2.45, 2.75) is 81.3 Å². The van der Waals surface area contributed by atoms with Crippen LogP contribution in [0.1, 0.15) is 71.2 Å². The summed E-state index contributed by atoms with van der Waals surface area (Å²) in [6, 6.07) is 0.566. The van der Waals surface area contributed by atoms with E-state index in [2.05, 4.69) is 20.1 Å². The Morgan fingerprint density at radius 3 is 2.48 bits per heavy atom. The maximum absolute atomic E-state index is 12.2. The molecule has 2 aliphatic carbocycles. The number of rotatable bonds is 5. The monoisotopic (exact) mass is 308 g/mol. The molecule has 0 spiro atoms. The maximum atomic E-state index is 12.2. The molecule has 1 atom stereocenters. The number of carbonyl (C=O) groups excluding carboxylic acids is 1. The fourth-order valence-corrected chi connectivity index (χ4v) is 3.27. The number of hydrogen-bond acceptors (Lipinski definition) is 4. The van der Waals surface area contributed by atoms with E-state index in [-0.39, 0.29) is 16.7 Å². The average Bonchev–Trinajstić information content (AvgIpc) is 3.27. The predicted molar refractivity (Wildman–Crippen MR) is 83.5 cm³/mol. The molecule has 3 rings (SSSR count). The van der Waals surface area contributed by atoms with E-state index < -0.39 is 0 Å². The summed E-state index contributed by atoms with van der Waals surface area (Å²) in [6.07, 6.45) is 4.90. The smallest absolute Gasteiger partial charge is 0.233 e. The second-order valence-corrected chi connectivity index (χ2v) is 8.52. The molecule has 0 unspecified atom stereocenters. The first-order valence-corrected chi connectivity index (χ1v) is 8.66. The van der Waals surface area contributed by atoms with Crippen molar-refractivity contribution in [3.05, 3.63) is 5.82 Å².